The van der Waals surface area contributed by atoms with Crippen molar-refractivity contribution in [3.05, 3.63) is 53.1 Å². The summed E-state index contributed by atoms with van der Waals surface area (Å²) >= 11 is 0. The highest BCUT2D eigenvalue weighted by Crippen LogP contribution is 2.33. The number of nitrogens with zero attached hydrogens (tertiary/aromatic N) is 1. The molecular weight excluding hydrogens is 724 g/mol. The number of carbonyl (C=O) groups is 4. The van der Waals surface area contributed by atoms with Gasteiger partial charge in [0.05, 0.1) is 31.4 Å². The molecule has 5 rings (SSSR count). The first-order valence-electron chi connectivity index (χ1n) is 18.5. The Kier molecular flexibility index (Phi) is 14.6. The van der Waals surface area contributed by atoms with Crippen molar-refractivity contribution in [1.82, 2.24) is 10.2 Å². The second kappa shape index (κ2) is 18.9. The van der Waals surface area contributed by atoms with Crippen LogP contribution in [0.4, 0.5) is 0 Å². The smallest absolute Gasteiger partial charge is 0.338 e. The third kappa shape index (κ3) is 11.0. The van der Waals surface area contributed by atoms with Crippen LogP contribution in [0.15, 0.2) is 42.0 Å². The molecule has 10 unspecified atom stereocenters. The average Bonchev–Trinajstić information content (AvgIpc) is 3.85. The van der Waals surface area contributed by atoms with E-state index in [4.69, 9.17) is 28.4 Å². The molecule has 0 bridgehead atoms. The number of benzene rings is 1. The number of hydrogen-bond donors (Lipinski definition) is 6. The standard InChI is InChI=1S/C38H52N2O15/c1-38(2,3)55-29(43)13-12-24(18-41)39-34(47)25-7-4-14-40(25)35(48)23-16-26-33(52-20-51-26)27(17-23)53-36(49)22-10-8-21(9-11-22)6-5-15-50-37-32(46)31(45)30(44)28(19-42)54-37/h5-6,8-11,16,24-28,30-33,37,41-42,44-46H,4,7,12-15,17-20H2,1-3H3,(H,39,47). The molecule has 10 atom stereocenters. The third-order valence-corrected chi connectivity index (χ3v) is 9.69. The van der Waals surface area contributed by atoms with Crippen LogP contribution in [0, 0.1) is 0 Å². The van der Waals surface area contributed by atoms with E-state index in [2.05, 4.69) is 5.32 Å². The monoisotopic (exact) mass is 776 g/mol. The van der Waals surface area contributed by atoms with Gasteiger partial charge < -0.3 is 64.2 Å². The van der Waals surface area contributed by atoms with Crippen LogP contribution in [0.3, 0.4) is 0 Å². The summed E-state index contributed by atoms with van der Waals surface area (Å²) in [4.78, 5) is 54.1. The zero-order chi connectivity index (χ0) is 39.9. The largest absolute Gasteiger partial charge is 0.460 e. The Morgan fingerprint density at radius 1 is 1.04 bits per heavy atom. The molecule has 0 aromatic heterocycles. The summed E-state index contributed by atoms with van der Waals surface area (Å²) in [5.41, 5.74) is 0.607. The molecule has 55 heavy (non-hydrogen) atoms. The van der Waals surface area contributed by atoms with Crippen LogP contribution in [-0.4, -0.2) is 154 Å². The zero-order valence-corrected chi connectivity index (χ0v) is 31.2. The number of aliphatic hydroxyl groups excluding tert-OH is 5. The summed E-state index contributed by atoms with van der Waals surface area (Å²) in [5.74, 6) is -1.92. The van der Waals surface area contributed by atoms with Crippen LogP contribution in [0.1, 0.15) is 68.8 Å². The first kappa shape index (κ1) is 42.4. The molecule has 0 radical (unpaired) electrons. The highest BCUT2D eigenvalue weighted by molar-refractivity contribution is 5.98. The maximum absolute atomic E-state index is 13.9. The van der Waals surface area contributed by atoms with Gasteiger partial charge in [-0.15, -0.1) is 0 Å². The number of likely N-dealkylation sites (tertiary alicyclic amines) is 1. The summed E-state index contributed by atoms with van der Waals surface area (Å²) in [6.45, 7) is 4.54. The molecule has 4 aliphatic rings. The molecule has 0 spiro atoms. The Bertz CT molecular complexity index is 1560. The van der Waals surface area contributed by atoms with Gasteiger partial charge in [-0.1, -0.05) is 24.3 Å². The Morgan fingerprint density at radius 3 is 2.47 bits per heavy atom. The number of nitrogens with one attached hydrogen (secondary N) is 1. The van der Waals surface area contributed by atoms with Gasteiger partial charge in [0.25, 0.3) is 0 Å². The fraction of sp³-hybridized carbons (Fsp3) is 0.632. The fourth-order valence-electron chi connectivity index (χ4n) is 6.85. The predicted molar refractivity (Wildman–Crippen MR) is 191 cm³/mol. The molecule has 17 heteroatoms. The number of carbonyl (C=O) groups excluding carboxylic acids is 4. The van der Waals surface area contributed by atoms with Crippen LogP contribution in [0.5, 0.6) is 0 Å². The van der Waals surface area contributed by atoms with Gasteiger partial charge in [0.1, 0.15) is 61.2 Å². The Morgan fingerprint density at radius 2 is 1.78 bits per heavy atom. The van der Waals surface area contributed by atoms with E-state index in [1.54, 1.807) is 63.3 Å². The lowest BCUT2D eigenvalue weighted by molar-refractivity contribution is -0.298. The molecule has 2 amide bonds. The molecule has 0 saturated carbocycles. The van der Waals surface area contributed by atoms with Gasteiger partial charge in [-0.05, 0) is 63.8 Å². The summed E-state index contributed by atoms with van der Waals surface area (Å²) in [5, 5.41) is 51.9. The second-order valence-electron chi connectivity index (χ2n) is 14.9. The third-order valence-electron chi connectivity index (χ3n) is 9.69. The van der Waals surface area contributed by atoms with Crippen molar-refractivity contribution < 1.29 is 73.1 Å². The highest BCUT2D eigenvalue weighted by Gasteiger charge is 2.46. The SMILES string of the molecule is CC(C)(C)OC(=O)CCC(CO)NC(=O)C1CCCN1C(=O)C1=CC2OCOC2C(OC(=O)c2ccc(C=CCOC3OC(CO)C(O)C(O)C3O)cc2)C1. The van der Waals surface area contributed by atoms with E-state index in [-0.39, 0.29) is 38.2 Å². The van der Waals surface area contributed by atoms with Crippen molar-refractivity contribution in [2.24, 2.45) is 0 Å². The number of amides is 2. The molecule has 1 aromatic rings. The Balaban J connectivity index is 1.14. The average molecular weight is 777 g/mol. The quantitative estimate of drug-likeness (QED) is 0.133. The fourth-order valence-corrected chi connectivity index (χ4v) is 6.85. The summed E-state index contributed by atoms with van der Waals surface area (Å²) < 4.78 is 33.4. The van der Waals surface area contributed by atoms with Crippen molar-refractivity contribution in [1.29, 1.82) is 0 Å². The van der Waals surface area contributed by atoms with E-state index in [1.165, 1.54) is 4.90 Å². The van der Waals surface area contributed by atoms with Gasteiger partial charge in [0, 0.05) is 25.0 Å². The first-order valence-corrected chi connectivity index (χ1v) is 18.5. The van der Waals surface area contributed by atoms with Crippen LogP contribution < -0.4 is 5.32 Å². The van der Waals surface area contributed by atoms with Crippen LogP contribution in [-0.2, 0) is 42.8 Å². The number of esters is 2. The van der Waals surface area contributed by atoms with E-state index in [9.17, 15) is 44.7 Å². The molecule has 6 N–H and O–H groups in total. The molecule has 1 aliphatic carbocycles. The molecule has 3 heterocycles. The number of fused-ring (bicyclic) bond motifs is 1. The molecule has 1 aromatic carbocycles. The van der Waals surface area contributed by atoms with Crippen molar-refractivity contribution in [2.45, 2.75) is 120 Å². The Labute approximate surface area is 318 Å². The number of rotatable bonds is 14. The minimum atomic E-state index is -1.55. The lowest BCUT2D eigenvalue weighted by Gasteiger charge is -2.39. The number of hydrogen-bond acceptors (Lipinski definition) is 15. The molecule has 3 aliphatic heterocycles. The number of ether oxygens (including phenoxy) is 6. The van der Waals surface area contributed by atoms with Crippen molar-refractivity contribution in [2.75, 3.05) is 33.2 Å². The molecular formula is C38H52N2O15. The van der Waals surface area contributed by atoms with E-state index in [0.717, 1.165) is 0 Å². The van der Waals surface area contributed by atoms with Gasteiger partial charge in [-0.2, -0.15) is 0 Å². The topological polar surface area (TPSA) is 240 Å². The Hall–Kier alpha value is -3.78. The van der Waals surface area contributed by atoms with Gasteiger partial charge >= 0.3 is 11.9 Å². The highest BCUT2D eigenvalue weighted by atomic mass is 16.7. The second-order valence-corrected chi connectivity index (χ2v) is 14.9. The van der Waals surface area contributed by atoms with Crippen LogP contribution in [0.25, 0.3) is 6.08 Å². The van der Waals surface area contributed by atoms with E-state index in [0.29, 0.717) is 30.5 Å². The first-order chi connectivity index (χ1) is 26.2. The van der Waals surface area contributed by atoms with E-state index in [1.807, 2.05) is 0 Å². The normalized spacial score (nSPS) is 30.1. The summed E-state index contributed by atoms with van der Waals surface area (Å²) in [7, 11) is 0. The number of aliphatic hydroxyl groups is 5. The molecule has 3 saturated heterocycles. The maximum atomic E-state index is 13.9. The van der Waals surface area contributed by atoms with E-state index < -0.39 is 104 Å². The maximum Gasteiger partial charge on any atom is 0.338 e. The van der Waals surface area contributed by atoms with Gasteiger partial charge in [0.2, 0.25) is 11.8 Å². The van der Waals surface area contributed by atoms with Crippen LogP contribution >= 0.6 is 0 Å². The van der Waals surface area contributed by atoms with Gasteiger partial charge in [-0.25, -0.2) is 4.79 Å². The minimum absolute atomic E-state index is 0.00147. The predicted octanol–water partition coefficient (Wildman–Crippen LogP) is -0.297. The molecule has 304 valence electrons. The van der Waals surface area contributed by atoms with Crippen LogP contribution in [0.2, 0.25) is 0 Å². The molecule has 17 nitrogen and oxygen atoms in total. The van der Waals surface area contributed by atoms with Crippen molar-refractivity contribution >= 4 is 29.8 Å². The lowest BCUT2D eigenvalue weighted by atomic mass is 9.91. The minimum Gasteiger partial charge on any atom is -0.460 e. The van der Waals surface area contributed by atoms with Gasteiger partial charge in [-0.3, -0.25) is 14.4 Å². The summed E-state index contributed by atoms with van der Waals surface area (Å²) in [6, 6.07) is 4.97. The van der Waals surface area contributed by atoms with Crippen molar-refractivity contribution in [3.63, 3.8) is 0 Å². The molecule has 3 fully saturated rings. The zero-order valence-electron chi connectivity index (χ0n) is 31.2. The summed E-state index contributed by atoms with van der Waals surface area (Å²) in [6.07, 6.45) is -2.88. The van der Waals surface area contributed by atoms with Crippen molar-refractivity contribution in [3.8, 4) is 0 Å². The van der Waals surface area contributed by atoms with Gasteiger partial charge in [0.15, 0.2) is 6.29 Å². The lowest BCUT2D eigenvalue weighted by Crippen LogP contribution is -2.59. The van der Waals surface area contributed by atoms with E-state index >= 15 is 0 Å².